The molecule has 2 aromatic carbocycles. The molecule has 1 amide bonds. The predicted molar refractivity (Wildman–Crippen MR) is 113 cm³/mol. The number of benzene rings is 2. The lowest BCUT2D eigenvalue weighted by molar-refractivity contribution is 0.0947. The van der Waals surface area contributed by atoms with Crippen LogP contribution in [0.25, 0.3) is 0 Å². The number of anilines is 1. The number of ether oxygens (including phenoxy) is 1. The normalized spacial score (nSPS) is 11.8. The van der Waals surface area contributed by atoms with Gasteiger partial charge in [0.1, 0.15) is 12.4 Å². The molecule has 0 bridgehead atoms. The molecule has 2 aromatic rings. The zero-order valence-electron chi connectivity index (χ0n) is 17.0. The highest BCUT2D eigenvalue weighted by molar-refractivity contribution is 7.92. The molecule has 0 saturated carbocycles. The largest absolute Gasteiger partial charge is 0.492 e. The van der Waals surface area contributed by atoms with Crippen molar-refractivity contribution in [1.82, 2.24) is 5.32 Å². The van der Waals surface area contributed by atoms with Gasteiger partial charge in [-0.25, -0.2) is 8.42 Å². The molecule has 152 valence electrons. The van der Waals surface area contributed by atoms with E-state index in [1.54, 1.807) is 24.3 Å². The number of carbonyl (C=O) groups excluding carboxylic acids is 1. The SMILES string of the molecule is CN(c1ccc(C(=O)NCCOc2ccc(C(C)(C)C)cc2)cc1)S(C)(=O)=O. The summed E-state index contributed by atoms with van der Waals surface area (Å²) >= 11 is 0. The van der Waals surface area contributed by atoms with E-state index in [0.717, 1.165) is 16.3 Å². The molecule has 7 heteroatoms. The van der Waals surface area contributed by atoms with E-state index in [1.165, 1.54) is 12.6 Å². The van der Waals surface area contributed by atoms with Crippen molar-refractivity contribution in [3.05, 3.63) is 59.7 Å². The first-order valence-corrected chi connectivity index (χ1v) is 10.9. The van der Waals surface area contributed by atoms with Gasteiger partial charge >= 0.3 is 0 Å². The smallest absolute Gasteiger partial charge is 0.251 e. The molecule has 0 unspecified atom stereocenters. The highest BCUT2D eigenvalue weighted by Gasteiger charge is 2.14. The van der Waals surface area contributed by atoms with Gasteiger partial charge in [0.2, 0.25) is 10.0 Å². The van der Waals surface area contributed by atoms with E-state index in [4.69, 9.17) is 4.74 Å². The molecule has 0 atom stereocenters. The minimum Gasteiger partial charge on any atom is -0.492 e. The summed E-state index contributed by atoms with van der Waals surface area (Å²) < 4.78 is 29.9. The molecule has 0 saturated heterocycles. The van der Waals surface area contributed by atoms with Crippen molar-refractivity contribution >= 4 is 21.6 Å². The summed E-state index contributed by atoms with van der Waals surface area (Å²) in [6.07, 6.45) is 1.13. The third-order valence-corrected chi connectivity index (χ3v) is 5.57. The quantitative estimate of drug-likeness (QED) is 0.719. The monoisotopic (exact) mass is 404 g/mol. The molecule has 0 aromatic heterocycles. The lowest BCUT2D eigenvalue weighted by atomic mass is 9.87. The van der Waals surface area contributed by atoms with Gasteiger partial charge in [0.05, 0.1) is 18.5 Å². The number of nitrogens with one attached hydrogen (secondary N) is 1. The first-order chi connectivity index (χ1) is 13.0. The molecule has 0 radical (unpaired) electrons. The van der Waals surface area contributed by atoms with Gasteiger partial charge in [-0.2, -0.15) is 0 Å². The Morgan fingerprint density at radius 1 is 1.04 bits per heavy atom. The van der Waals surface area contributed by atoms with Crippen LogP contribution >= 0.6 is 0 Å². The third-order valence-electron chi connectivity index (χ3n) is 4.37. The highest BCUT2D eigenvalue weighted by atomic mass is 32.2. The number of sulfonamides is 1. The summed E-state index contributed by atoms with van der Waals surface area (Å²) in [5.74, 6) is 0.524. The van der Waals surface area contributed by atoms with E-state index < -0.39 is 10.0 Å². The molecular formula is C21H28N2O4S. The summed E-state index contributed by atoms with van der Waals surface area (Å²) in [6.45, 7) is 7.19. The van der Waals surface area contributed by atoms with Gasteiger partial charge in [0.25, 0.3) is 5.91 Å². The van der Waals surface area contributed by atoms with Crippen LogP contribution in [-0.2, 0) is 15.4 Å². The zero-order valence-corrected chi connectivity index (χ0v) is 17.8. The van der Waals surface area contributed by atoms with Crippen molar-refractivity contribution < 1.29 is 17.9 Å². The molecule has 28 heavy (non-hydrogen) atoms. The van der Waals surface area contributed by atoms with Gasteiger partial charge in [-0.15, -0.1) is 0 Å². The molecule has 0 aliphatic carbocycles. The maximum Gasteiger partial charge on any atom is 0.251 e. The molecule has 0 fully saturated rings. The average Bonchev–Trinajstić information content (AvgIpc) is 2.63. The van der Waals surface area contributed by atoms with Crippen LogP contribution in [0.5, 0.6) is 5.75 Å². The van der Waals surface area contributed by atoms with E-state index in [0.29, 0.717) is 24.4 Å². The van der Waals surface area contributed by atoms with Gasteiger partial charge in [-0.05, 0) is 47.4 Å². The first kappa shape index (κ1) is 21.8. The van der Waals surface area contributed by atoms with Gasteiger partial charge in [-0.3, -0.25) is 9.10 Å². The second-order valence-corrected chi connectivity index (χ2v) is 9.67. The van der Waals surface area contributed by atoms with Crippen molar-refractivity contribution in [3.63, 3.8) is 0 Å². The van der Waals surface area contributed by atoms with Crippen molar-refractivity contribution in [3.8, 4) is 5.75 Å². The fourth-order valence-electron chi connectivity index (χ4n) is 2.50. The van der Waals surface area contributed by atoms with Gasteiger partial charge < -0.3 is 10.1 Å². The minimum atomic E-state index is -3.33. The van der Waals surface area contributed by atoms with Crippen LogP contribution in [0.15, 0.2) is 48.5 Å². The Labute approximate surface area is 167 Å². The molecule has 0 aliphatic rings. The van der Waals surface area contributed by atoms with Crippen LogP contribution in [0.1, 0.15) is 36.7 Å². The van der Waals surface area contributed by atoms with Crippen LogP contribution in [0.3, 0.4) is 0 Å². The maximum absolute atomic E-state index is 12.2. The fourth-order valence-corrected chi connectivity index (χ4v) is 3.01. The number of hydrogen-bond acceptors (Lipinski definition) is 4. The van der Waals surface area contributed by atoms with Gasteiger partial charge in [0, 0.05) is 12.6 Å². The van der Waals surface area contributed by atoms with E-state index in [2.05, 4.69) is 26.1 Å². The second kappa shape index (κ2) is 8.65. The van der Waals surface area contributed by atoms with Crippen molar-refractivity contribution in [2.75, 3.05) is 30.8 Å². The number of amides is 1. The van der Waals surface area contributed by atoms with Crippen LogP contribution in [0.4, 0.5) is 5.69 Å². The lowest BCUT2D eigenvalue weighted by Gasteiger charge is -2.19. The highest BCUT2D eigenvalue weighted by Crippen LogP contribution is 2.24. The van der Waals surface area contributed by atoms with E-state index in [1.807, 2.05) is 24.3 Å². The van der Waals surface area contributed by atoms with Crippen LogP contribution < -0.4 is 14.4 Å². The summed E-state index contributed by atoms with van der Waals surface area (Å²) in [5.41, 5.74) is 2.29. The summed E-state index contributed by atoms with van der Waals surface area (Å²) in [4.78, 5) is 12.2. The lowest BCUT2D eigenvalue weighted by Crippen LogP contribution is -2.28. The van der Waals surface area contributed by atoms with E-state index in [-0.39, 0.29) is 11.3 Å². The zero-order chi connectivity index (χ0) is 20.9. The maximum atomic E-state index is 12.2. The topological polar surface area (TPSA) is 75.7 Å². The Hall–Kier alpha value is -2.54. The van der Waals surface area contributed by atoms with Gasteiger partial charge in [-0.1, -0.05) is 32.9 Å². The number of hydrogen-bond donors (Lipinski definition) is 1. The van der Waals surface area contributed by atoms with Gasteiger partial charge in [0.15, 0.2) is 0 Å². The van der Waals surface area contributed by atoms with Crippen LogP contribution in [0.2, 0.25) is 0 Å². The van der Waals surface area contributed by atoms with Crippen molar-refractivity contribution in [1.29, 1.82) is 0 Å². The number of rotatable bonds is 7. The second-order valence-electron chi connectivity index (χ2n) is 7.66. The molecule has 1 N–H and O–H groups in total. The first-order valence-electron chi connectivity index (χ1n) is 9.04. The Bertz CT molecular complexity index is 899. The Morgan fingerprint density at radius 2 is 1.61 bits per heavy atom. The molecule has 6 nitrogen and oxygen atoms in total. The Kier molecular flexibility index (Phi) is 6.72. The number of carbonyl (C=O) groups is 1. The Morgan fingerprint density at radius 3 is 2.11 bits per heavy atom. The van der Waals surface area contributed by atoms with E-state index >= 15 is 0 Å². The van der Waals surface area contributed by atoms with E-state index in [9.17, 15) is 13.2 Å². The predicted octanol–water partition coefficient (Wildman–Crippen LogP) is 3.19. The number of nitrogens with zero attached hydrogens (tertiary/aromatic N) is 1. The minimum absolute atomic E-state index is 0.0954. The van der Waals surface area contributed by atoms with Crippen molar-refractivity contribution in [2.24, 2.45) is 0 Å². The average molecular weight is 405 g/mol. The summed E-state index contributed by atoms with van der Waals surface area (Å²) in [5, 5.41) is 2.79. The molecule has 2 rings (SSSR count). The van der Waals surface area contributed by atoms with Crippen LogP contribution in [0, 0.1) is 0 Å². The molecule has 0 spiro atoms. The summed E-state index contributed by atoms with van der Waals surface area (Å²) in [6, 6.07) is 14.3. The fraction of sp³-hybridized carbons (Fsp3) is 0.381. The summed E-state index contributed by atoms with van der Waals surface area (Å²) in [7, 11) is -1.86. The molecular weight excluding hydrogens is 376 g/mol. The third kappa shape index (κ3) is 5.99. The molecule has 0 aliphatic heterocycles. The Balaban J connectivity index is 1.82. The standard InChI is InChI=1S/C21H28N2O4S/c1-21(2,3)17-8-12-19(13-9-17)27-15-14-22-20(24)16-6-10-18(11-7-16)23(4)28(5,25)26/h6-13H,14-15H2,1-5H3,(H,22,24). The van der Waals surface area contributed by atoms with Crippen molar-refractivity contribution in [2.45, 2.75) is 26.2 Å². The van der Waals surface area contributed by atoms with Crippen LogP contribution in [-0.4, -0.2) is 40.8 Å². The molecule has 0 heterocycles.